The van der Waals surface area contributed by atoms with Crippen molar-refractivity contribution >= 4 is 17.9 Å². The van der Waals surface area contributed by atoms with Gasteiger partial charge in [-0.15, -0.1) is 0 Å². The molecule has 0 amide bonds. The van der Waals surface area contributed by atoms with Gasteiger partial charge in [-0.2, -0.15) is 0 Å². The lowest BCUT2D eigenvalue weighted by Gasteiger charge is -2.10. The fourth-order valence-electron chi connectivity index (χ4n) is 2.42. The zero-order valence-electron chi connectivity index (χ0n) is 14.5. The molecule has 0 fully saturated rings. The minimum absolute atomic E-state index is 0.0803. The van der Waals surface area contributed by atoms with E-state index in [1.54, 1.807) is 37.5 Å². The summed E-state index contributed by atoms with van der Waals surface area (Å²) in [6, 6.07) is 11.0. The third-order valence-corrected chi connectivity index (χ3v) is 3.64. The van der Waals surface area contributed by atoms with Crippen molar-refractivity contribution in [3.05, 3.63) is 65.1 Å². The maximum absolute atomic E-state index is 13.3. The van der Waals surface area contributed by atoms with Gasteiger partial charge >= 0.3 is 5.97 Å². The quantitative estimate of drug-likeness (QED) is 0.581. The van der Waals surface area contributed by atoms with Crippen LogP contribution < -0.4 is 9.47 Å². The molecule has 0 radical (unpaired) electrons. The van der Waals surface area contributed by atoms with Crippen molar-refractivity contribution in [2.75, 3.05) is 13.7 Å². The predicted octanol–water partition coefficient (Wildman–Crippen LogP) is 3.97. The van der Waals surface area contributed by atoms with E-state index in [1.165, 1.54) is 18.2 Å². The molecule has 0 bridgehead atoms. The van der Waals surface area contributed by atoms with Crippen LogP contribution in [0.3, 0.4) is 0 Å². The Bertz CT molecular complexity index is 889. The van der Waals surface area contributed by atoms with E-state index in [9.17, 15) is 9.18 Å². The first-order valence-corrected chi connectivity index (χ1v) is 8.20. The lowest BCUT2D eigenvalue weighted by molar-refractivity contribution is -0.129. The molecule has 3 rings (SSSR count). The second-order valence-corrected chi connectivity index (χ2v) is 5.61. The van der Waals surface area contributed by atoms with E-state index in [-0.39, 0.29) is 11.6 Å². The smallest absolute Gasteiger partial charge is 0.363 e. The SMILES string of the molecule is CCCOc1cc(/C=C2/N=C(c3cccc(F)c3)OC2=O)ccc1OC. The largest absolute Gasteiger partial charge is 0.493 e. The summed E-state index contributed by atoms with van der Waals surface area (Å²) in [6.07, 6.45) is 2.45. The number of methoxy groups -OCH3 is 1. The highest BCUT2D eigenvalue weighted by Crippen LogP contribution is 2.30. The summed E-state index contributed by atoms with van der Waals surface area (Å²) in [7, 11) is 1.57. The van der Waals surface area contributed by atoms with E-state index in [1.807, 2.05) is 6.92 Å². The zero-order valence-corrected chi connectivity index (χ0v) is 14.5. The van der Waals surface area contributed by atoms with Crippen LogP contribution in [0.15, 0.2) is 53.2 Å². The molecule has 26 heavy (non-hydrogen) atoms. The molecule has 134 valence electrons. The topological polar surface area (TPSA) is 57.1 Å². The first kappa shape index (κ1) is 17.7. The highest BCUT2D eigenvalue weighted by atomic mass is 19.1. The number of hydrogen-bond acceptors (Lipinski definition) is 5. The van der Waals surface area contributed by atoms with Crippen LogP contribution in [0.4, 0.5) is 4.39 Å². The average molecular weight is 355 g/mol. The summed E-state index contributed by atoms with van der Waals surface area (Å²) in [6.45, 7) is 2.57. The van der Waals surface area contributed by atoms with Gasteiger partial charge in [-0.25, -0.2) is 14.2 Å². The van der Waals surface area contributed by atoms with Gasteiger partial charge in [0.15, 0.2) is 17.2 Å². The number of aliphatic imine (C=N–C) groups is 1. The minimum atomic E-state index is -0.587. The number of hydrogen-bond donors (Lipinski definition) is 0. The molecule has 0 saturated heterocycles. The van der Waals surface area contributed by atoms with Crippen molar-refractivity contribution in [3.8, 4) is 11.5 Å². The second kappa shape index (κ2) is 7.82. The van der Waals surface area contributed by atoms with Gasteiger partial charge in [0, 0.05) is 5.56 Å². The summed E-state index contributed by atoms with van der Waals surface area (Å²) in [4.78, 5) is 16.2. The Hall–Kier alpha value is -3.15. The van der Waals surface area contributed by atoms with Crippen molar-refractivity contribution in [3.63, 3.8) is 0 Å². The molecule has 6 heteroatoms. The highest BCUT2D eigenvalue weighted by molar-refractivity contribution is 6.12. The Morgan fingerprint density at radius 3 is 2.77 bits per heavy atom. The van der Waals surface area contributed by atoms with E-state index in [4.69, 9.17) is 14.2 Å². The Labute approximate surface area is 150 Å². The Balaban J connectivity index is 1.90. The summed E-state index contributed by atoms with van der Waals surface area (Å²) in [5, 5.41) is 0. The first-order valence-electron chi connectivity index (χ1n) is 8.20. The molecular formula is C20H18FNO4. The van der Waals surface area contributed by atoms with Crippen LogP contribution in [0.5, 0.6) is 11.5 Å². The predicted molar refractivity (Wildman–Crippen MR) is 95.8 cm³/mol. The number of benzene rings is 2. The Morgan fingerprint density at radius 1 is 1.19 bits per heavy atom. The van der Waals surface area contributed by atoms with Gasteiger partial charge in [-0.3, -0.25) is 0 Å². The fraction of sp³-hybridized carbons (Fsp3) is 0.200. The number of cyclic esters (lactones) is 1. The first-order chi connectivity index (χ1) is 12.6. The van der Waals surface area contributed by atoms with Crippen LogP contribution in [0.2, 0.25) is 0 Å². The standard InChI is InChI=1S/C20H18FNO4/c1-3-9-25-18-11-13(7-8-17(18)24-2)10-16-20(23)26-19(22-16)14-5-4-6-15(21)12-14/h4-8,10-12H,3,9H2,1-2H3/b16-10+. The average Bonchev–Trinajstić information content (AvgIpc) is 3.01. The summed E-state index contributed by atoms with van der Waals surface area (Å²) >= 11 is 0. The second-order valence-electron chi connectivity index (χ2n) is 5.61. The number of carbonyl (C=O) groups is 1. The molecule has 1 aliphatic heterocycles. The maximum atomic E-state index is 13.3. The van der Waals surface area contributed by atoms with Gasteiger partial charge in [0.1, 0.15) is 5.82 Å². The lowest BCUT2D eigenvalue weighted by atomic mass is 10.1. The number of nitrogens with zero attached hydrogens (tertiary/aromatic N) is 1. The molecule has 0 N–H and O–H groups in total. The molecule has 5 nitrogen and oxygen atoms in total. The van der Waals surface area contributed by atoms with Gasteiger partial charge in [0.05, 0.1) is 13.7 Å². The number of halogens is 1. The monoisotopic (exact) mass is 355 g/mol. The van der Waals surface area contributed by atoms with Crippen LogP contribution in [-0.4, -0.2) is 25.6 Å². The van der Waals surface area contributed by atoms with Gasteiger partial charge in [0.25, 0.3) is 0 Å². The number of esters is 1. The van der Waals surface area contributed by atoms with Crippen LogP contribution in [-0.2, 0) is 9.53 Å². The Kier molecular flexibility index (Phi) is 5.31. The number of rotatable bonds is 6. The molecule has 2 aromatic rings. The van der Waals surface area contributed by atoms with Crippen molar-refractivity contribution in [2.45, 2.75) is 13.3 Å². The number of ether oxygens (including phenoxy) is 3. The van der Waals surface area contributed by atoms with E-state index in [2.05, 4.69) is 4.99 Å². The highest BCUT2D eigenvalue weighted by Gasteiger charge is 2.24. The molecule has 0 saturated carbocycles. The summed E-state index contributed by atoms with van der Waals surface area (Å²) < 4.78 is 29.4. The van der Waals surface area contributed by atoms with Crippen LogP contribution >= 0.6 is 0 Å². The van der Waals surface area contributed by atoms with Gasteiger partial charge in [0.2, 0.25) is 5.90 Å². The van der Waals surface area contributed by atoms with Crippen LogP contribution in [0.25, 0.3) is 6.08 Å². The van der Waals surface area contributed by atoms with E-state index in [0.29, 0.717) is 29.2 Å². The lowest BCUT2D eigenvalue weighted by Crippen LogP contribution is -2.05. The Morgan fingerprint density at radius 2 is 2.04 bits per heavy atom. The van der Waals surface area contributed by atoms with Crippen molar-refractivity contribution in [1.29, 1.82) is 0 Å². The maximum Gasteiger partial charge on any atom is 0.363 e. The van der Waals surface area contributed by atoms with E-state index < -0.39 is 11.8 Å². The third-order valence-electron chi connectivity index (χ3n) is 3.64. The fourth-order valence-corrected chi connectivity index (χ4v) is 2.42. The van der Waals surface area contributed by atoms with Gasteiger partial charge in [-0.1, -0.05) is 19.1 Å². The molecule has 0 unspecified atom stereocenters. The van der Waals surface area contributed by atoms with Crippen LogP contribution in [0, 0.1) is 5.82 Å². The zero-order chi connectivity index (χ0) is 18.5. The molecule has 1 heterocycles. The summed E-state index contributed by atoms with van der Waals surface area (Å²) in [5.41, 5.74) is 1.26. The third kappa shape index (κ3) is 3.91. The molecule has 0 aliphatic carbocycles. The molecular weight excluding hydrogens is 337 g/mol. The molecule has 1 aliphatic rings. The molecule has 0 aromatic heterocycles. The van der Waals surface area contributed by atoms with E-state index in [0.717, 1.165) is 6.42 Å². The van der Waals surface area contributed by atoms with Crippen molar-refractivity contribution in [2.24, 2.45) is 4.99 Å². The minimum Gasteiger partial charge on any atom is -0.493 e. The molecule has 0 atom stereocenters. The summed E-state index contributed by atoms with van der Waals surface area (Å²) in [5.74, 6) is 0.266. The van der Waals surface area contributed by atoms with Crippen molar-refractivity contribution < 1.29 is 23.4 Å². The van der Waals surface area contributed by atoms with Gasteiger partial charge in [-0.05, 0) is 48.4 Å². The van der Waals surface area contributed by atoms with E-state index >= 15 is 0 Å². The molecule has 2 aromatic carbocycles. The normalized spacial score (nSPS) is 15.0. The number of carbonyl (C=O) groups excluding carboxylic acids is 1. The van der Waals surface area contributed by atoms with Crippen molar-refractivity contribution in [1.82, 2.24) is 0 Å². The molecule has 0 spiro atoms. The van der Waals surface area contributed by atoms with Crippen LogP contribution in [0.1, 0.15) is 24.5 Å². The van der Waals surface area contributed by atoms with Gasteiger partial charge < -0.3 is 14.2 Å².